The molecule has 7 heteroatoms. The first-order valence-corrected chi connectivity index (χ1v) is 11.7. The lowest BCUT2D eigenvalue weighted by Crippen LogP contribution is -2.53. The van der Waals surface area contributed by atoms with E-state index in [1.54, 1.807) is 24.1 Å². The molecule has 0 aliphatic carbocycles. The molecular weight excluding hydrogens is 442 g/mol. The van der Waals surface area contributed by atoms with E-state index in [4.69, 9.17) is 9.47 Å². The minimum absolute atomic E-state index is 0.0297. The molecule has 4 rings (SSSR count). The van der Waals surface area contributed by atoms with Crippen LogP contribution in [-0.4, -0.2) is 57.3 Å². The number of nitrogens with zero attached hydrogens (tertiary/aromatic N) is 3. The summed E-state index contributed by atoms with van der Waals surface area (Å²) in [4.78, 5) is 31.5. The average Bonchev–Trinajstić information content (AvgIpc) is 2.91. The van der Waals surface area contributed by atoms with E-state index < -0.39 is 0 Å². The highest BCUT2D eigenvalue weighted by atomic mass is 16.5. The molecule has 1 fully saturated rings. The van der Waals surface area contributed by atoms with E-state index in [0.29, 0.717) is 25.2 Å². The van der Waals surface area contributed by atoms with Crippen molar-refractivity contribution in [2.75, 3.05) is 50.2 Å². The first kappa shape index (κ1) is 24.1. The molecule has 0 radical (unpaired) electrons. The van der Waals surface area contributed by atoms with Gasteiger partial charge in [-0.25, -0.2) is 9.59 Å². The summed E-state index contributed by atoms with van der Waals surface area (Å²) in [5.74, 6) is 0.446. The molecule has 7 nitrogen and oxygen atoms in total. The first-order chi connectivity index (χ1) is 17.0. The predicted molar refractivity (Wildman–Crippen MR) is 137 cm³/mol. The second kappa shape index (κ2) is 11.0. The van der Waals surface area contributed by atoms with Crippen LogP contribution in [0.5, 0.6) is 5.75 Å². The summed E-state index contributed by atoms with van der Waals surface area (Å²) < 4.78 is 10.1. The van der Waals surface area contributed by atoms with Crippen molar-refractivity contribution >= 4 is 23.4 Å². The maximum Gasteiger partial charge on any atom is 0.337 e. The molecule has 1 heterocycles. The van der Waals surface area contributed by atoms with Crippen molar-refractivity contribution in [1.29, 1.82) is 0 Å². The summed E-state index contributed by atoms with van der Waals surface area (Å²) >= 11 is 0. The third-order valence-corrected chi connectivity index (χ3v) is 6.23. The quantitative estimate of drug-likeness (QED) is 0.484. The number of rotatable bonds is 6. The molecule has 35 heavy (non-hydrogen) atoms. The van der Waals surface area contributed by atoms with Crippen molar-refractivity contribution in [3.63, 3.8) is 0 Å². The number of amides is 2. The summed E-state index contributed by atoms with van der Waals surface area (Å²) in [7, 11) is 3.03. The predicted octanol–water partition coefficient (Wildman–Crippen LogP) is 4.74. The number of hydrogen-bond acceptors (Lipinski definition) is 5. The molecule has 3 aromatic carbocycles. The number of carbonyl (C=O) groups excluding carboxylic acids is 2. The molecule has 0 spiro atoms. The van der Waals surface area contributed by atoms with Gasteiger partial charge in [0, 0.05) is 43.6 Å². The number of methoxy groups -OCH3 is 2. The van der Waals surface area contributed by atoms with Gasteiger partial charge in [-0.1, -0.05) is 30.3 Å². The molecule has 0 atom stereocenters. The molecule has 2 amide bonds. The molecular formula is C28H31N3O4. The van der Waals surface area contributed by atoms with E-state index in [2.05, 4.69) is 11.0 Å². The first-order valence-electron chi connectivity index (χ1n) is 11.7. The summed E-state index contributed by atoms with van der Waals surface area (Å²) in [6, 6.07) is 23.1. The zero-order valence-corrected chi connectivity index (χ0v) is 20.4. The largest absolute Gasteiger partial charge is 0.497 e. The Hall–Kier alpha value is -4.00. The standard InChI is InChI=1S/C28H31N3O4/c1-21-6-4-8-25(18-21)31(20-22-10-12-23(13-11-22)27(32)35-3)28(33)30-16-14-29(15-17-30)24-7-5-9-26(19-24)34-2/h4-13,18-19H,14-17,20H2,1-3H3. The molecule has 182 valence electrons. The third kappa shape index (κ3) is 5.74. The van der Waals surface area contributed by atoms with Gasteiger partial charge in [-0.05, 0) is 54.4 Å². The summed E-state index contributed by atoms with van der Waals surface area (Å²) in [5, 5.41) is 0. The van der Waals surface area contributed by atoms with E-state index in [9.17, 15) is 9.59 Å². The van der Waals surface area contributed by atoms with Crippen LogP contribution in [0.2, 0.25) is 0 Å². The number of anilines is 2. The Labute approximate surface area is 206 Å². The van der Waals surface area contributed by atoms with Crippen LogP contribution >= 0.6 is 0 Å². The second-order valence-electron chi connectivity index (χ2n) is 8.57. The number of carbonyl (C=O) groups is 2. The van der Waals surface area contributed by atoms with Gasteiger partial charge in [-0.15, -0.1) is 0 Å². The van der Waals surface area contributed by atoms with Crippen molar-refractivity contribution in [3.05, 3.63) is 89.5 Å². The lowest BCUT2D eigenvalue weighted by molar-refractivity contribution is 0.0600. The number of piperazine rings is 1. The molecule has 0 saturated carbocycles. The monoisotopic (exact) mass is 473 g/mol. The van der Waals surface area contributed by atoms with E-state index in [0.717, 1.165) is 41.3 Å². The maximum atomic E-state index is 13.7. The Morgan fingerprint density at radius 1 is 0.886 bits per heavy atom. The maximum absolute atomic E-state index is 13.7. The molecule has 0 N–H and O–H groups in total. The zero-order chi connectivity index (χ0) is 24.8. The van der Waals surface area contributed by atoms with Gasteiger partial charge < -0.3 is 19.3 Å². The number of urea groups is 1. The second-order valence-corrected chi connectivity index (χ2v) is 8.57. The van der Waals surface area contributed by atoms with Crippen LogP contribution in [0.4, 0.5) is 16.2 Å². The molecule has 0 unspecified atom stereocenters. The van der Waals surface area contributed by atoms with E-state index in [-0.39, 0.29) is 12.0 Å². The third-order valence-electron chi connectivity index (χ3n) is 6.23. The molecule has 3 aromatic rings. The van der Waals surface area contributed by atoms with Crippen molar-refractivity contribution in [2.45, 2.75) is 13.5 Å². The highest BCUT2D eigenvalue weighted by Crippen LogP contribution is 2.25. The van der Waals surface area contributed by atoms with Crippen LogP contribution in [0.25, 0.3) is 0 Å². The van der Waals surface area contributed by atoms with Crippen molar-refractivity contribution in [3.8, 4) is 5.75 Å². The van der Waals surface area contributed by atoms with Crippen molar-refractivity contribution < 1.29 is 19.1 Å². The van der Waals surface area contributed by atoms with Gasteiger partial charge in [-0.2, -0.15) is 0 Å². The molecule has 1 aliphatic rings. The van der Waals surface area contributed by atoms with Crippen molar-refractivity contribution in [1.82, 2.24) is 4.90 Å². The van der Waals surface area contributed by atoms with Crippen LogP contribution in [-0.2, 0) is 11.3 Å². The topological polar surface area (TPSA) is 62.3 Å². The van der Waals surface area contributed by atoms with Gasteiger partial charge in [0.2, 0.25) is 0 Å². The minimum Gasteiger partial charge on any atom is -0.497 e. The van der Waals surface area contributed by atoms with E-state index in [1.807, 2.05) is 66.4 Å². The zero-order valence-electron chi connectivity index (χ0n) is 20.4. The highest BCUT2D eigenvalue weighted by molar-refractivity contribution is 5.92. The van der Waals surface area contributed by atoms with E-state index in [1.165, 1.54) is 7.11 Å². The lowest BCUT2D eigenvalue weighted by atomic mass is 10.1. The molecule has 1 aliphatic heterocycles. The van der Waals surface area contributed by atoms with Crippen LogP contribution in [0, 0.1) is 6.92 Å². The SMILES string of the molecule is COC(=O)c1ccc(CN(C(=O)N2CCN(c3cccc(OC)c3)CC2)c2cccc(C)c2)cc1. The Kier molecular flexibility index (Phi) is 7.55. The number of ether oxygens (including phenoxy) is 2. The Morgan fingerprint density at radius 3 is 2.26 bits per heavy atom. The van der Waals surface area contributed by atoms with Gasteiger partial charge in [-0.3, -0.25) is 4.90 Å². The Bertz CT molecular complexity index is 1170. The van der Waals surface area contributed by atoms with Crippen LogP contribution in [0.3, 0.4) is 0 Å². The minimum atomic E-state index is -0.378. The van der Waals surface area contributed by atoms with Gasteiger partial charge in [0.25, 0.3) is 0 Å². The fraction of sp³-hybridized carbons (Fsp3) is 0.286. The highest BCUT2D eigenvalue weighted by Gasteiger charge is 2.27. The van der Waals surface area contributed by atoms with Gasteiger partial charge in [0.15, 0.2) is 0 Å². The number of aryl methyl sites for hydroxylation is 1. The molecule has 0 bridgehead atoms. The van der Waals surface area contributed by atoms with Crippen LogP contribution < -0.4 is 14.5 Å². The summed E-state index contributed by atoms with van der Waals surface area (Å²) in [5.41, 5.74) is 4.45. The number of esters is 1. The number of hydrogen-bond donors (Lipinski definition) is 0. The molecule has 0 aromatic heterocycles. The normalized spacial score (nSPS) is 13.3. The van der Waals surface area contributed by atoms with Crippen LogP contribution in [0.1, 0.15) is 21.5 Å². The molecule has 1 saturated heterocycles. The fourth-order valence-corrected chi connectivity index (χ4v) is 4.25. The number of benzene rings is 3. The van der Waals surface area contributed by atoms with Crippen LogP contribution in [0.15, 0.2) is 72.8 Å². The smallest absolute Gasteiger partial charge is 0.337 e. The van der Waals surface area contributed by atoms with Gasteiger partial charge in [0.05, 0.1) is 26.3 Å². The fourth-order valence-electron chi connectivity index (χ4n) is 4.25. The van der Waals surface area contributed by atoms with E-state index >= 15 is 0 Å². The lowest BCUT2D eigenvalue weighted by Gasteiger charge is -2.38. The summed E-state index contributed by atoms with van der Waals surface area (Å²) in [6.45, 7) is 5.16. The average molecular weight is 474 g/mol. The van der Waals surface area contributed by atoms with Gasteiger partial charge in [0.1, 0.15) is 5.75 Å². The van der Waals surface area contributed by atoms with Gasteiger partial charge >= 0.3 is 12.0 Å². The Balaban J connectivity index is 1.50. The summed E-state index contributed by atoms with van der Waals surface area (Å²) in [6.07, 6.45) is 0. The Morgan fingerprint density at radius 2 is 1.60 bits per heavy atom. The van der Waals surface area contributed by atoms with Crippen molar-refractivity contribution in [2.24, 2.45) is 0 Å².